The van der Waals surface area contributed by atoms with E-state index in [-0.39, 0.29) is 12.5 Å². The molecule has 1 aliphatic rings. The van der Waals surface area contributed by atoms with E-state index in [4.69, 9.17) is 16.6 Å². The predicted octanol–water partition coefficient (Wildman–Crippen LogP) is 2.86. The van der Waals surface area contributed by atoms with E-state index >= 15 is 0 Å². The Morgan fingerprint density at radius 2 is 2.30 bits per heavy atom. The van der Waals surface area contributed by atoms with E-state index in [9.17, 15) is 4.79 Å². The summed E-state index contributed by atoms with van der Waals surface area (Å²) in [5, 5.41) is 7.95. The van der Waals surface area contributed by atoms with Crippen molar-refractivity contribution in [1.29, 1.82) is 0 Å². The molecule has 0 bridgehead atoms. The predicted molar refractivity (Wildman–Crippen MR) is 83.0 cm³/mol. The summed E-state index contributed by atoms with van der Waals surface area (Å²) in [6.45, 7) is 0.228. The molecule has 102 valence electrons. The largest absolute Gasteiger partial charge is 0.419 e. The van der Waals surface area contributed by atoms with Crippen molar-refractivity contribution in [3.8, 4) is 11.5 Å². The van der Waals surface area contributed by atoms with Gasteiger partial charge in [0.25, 0.3) is 0 Å². The van der Waals surface area contributed by atoms with Crippen LogP contribution in [0.3, 0.4) is 0 Å². The first-order valence-electron chi connectivity index (χ1n) is 5.69. The van der Waals surface area contributed by atoms with Gasteiger partial charge in [-0.25, -0.2) is 0 Å². The number of amides is 1. The first-order valence-corrected chi connectivity index (χ1v) is 7.87. The van der Waals surface area contributed by atoms with Crippen molar-refractivity contribution >= 4 is 50.1 Å². The summed E-state index contributed by atoms with van der Waals surface area (Å²) in [6.07, 6.45) is 0. The highest BCUT2D eigenvalue weighted by molar-refractivity contribution is 9.10. The van der Waals surface area contributed by atoms with Crippen molar-refractivity contribution < 1.29 is 9.21 Å². The lowest BCUT2D eigenvalue weighted by Crippen LogP contribution is -2.27. The van der Waals surface area contributed by atoms with Crippen LogP contribution in [0.4, 0.5) is 0 Å². The Morgan fingerprint density at radius 1 is 1.45 bits per heavy atom. The zero-order chi connectivity index (χ0) is 14.1. The van der Waals surface area contributed by atoms with Gasteiger partial charge in [0, 0.05) is 10.0 Å². The number of benzene rings is 1. The van der Waals surface area contributed by atoms with Crippen molar-refractivity contribution in [2.75, 3.05) is 5.75 Å². The molecule has 0 unspecified atom stereocenters. The van der Waals surface area contributed by atoms with Crippen LogP contribution in [0.2, 0.25) is 0 Å². The summed E-state index contributed by atoms with van der Waals surface area (Å²) in [4.78, 5) is 13.1. The average Bonchev–Trinajstić information content (AvgIpc) is 3.01. The second-order valence-electron chi connectivity index (χ2n) is 4.05. The van der Waals surface area contributed by atoms with Gasteiger partial charge >= 0.3 is 0 Å². The molecule has 1 aromatic carbocycles. The number of thioether (sulfide) groups is 1. The summed E-state index contributed by atoms with van der Waals surface area (Å²) in [5.41, 5.74) is 0.822. The molecule has 2 aromatic rings. The summed E-state index contributed by atoms with van der Waals surface area (Å²) >= 11 is 9.85. The van der Waals surface area contributed by atoms with E-state index in [1.54, 1.807) is 0 Å². The number of carbonyl (C=O) groups is 1. The molecule has 1 fully saturated rings. The number of halogens is 1. The number of thiocarbonyl (C=S) groups is 1. The maximum Gasteiger partial charge on any atom is 0.247 e. The Balaban J connectivity index is 1.80. The summed E-state index contributed by atoms with van der Waals surface area (Å²) in [7, 11) is 0. The fourth-order valence-corrected chi connectivity index (χ4v) is 3.19. The fourth-order valence-electron chi connectivity index (χ4n) is 1.72. The van der Waals surface area contributed by atoms with Gasteiger partial charge in [0.05, 0.1) is 5.75 Å². The van der Waals surface area contributed by atoms with Crippen molar-refractivity contribution in [1.82, 2.24) is 15.1 Å². The standard InChI is InChI=1S/C12H8BrN3O2S2/c13-8-3-1-2-7(4-8)11-15-14-9(18-11)5-16-10(17)6-20-12(16)19/h1-4H,5-6H2. The van der Waals surface area contributed by atoms with E-state index in [0.29, 0.717) is 21.9 Å². The highest BCUT2D eigenvalue weighted by Gasteiger charge is 2.28. The molecular formula is C12H8BrN3O2S2. The van der Waals surface area contributed by atoms with Crippen molar-refractivity contribution in [2.45, 2.75) is 6.54 Å². The number of aromatic nitrogens is 2. The van der Waals surface area contributed by atoms with Crippen LogP contribution in [0.15, 0.2) is 33.2 Å². The molecule has 0 radical (unpaired) electrons. The Bertz CT molecular complexity index is 673. The molecule has 3 rings (SSSR count). The zero-order valence-electron chi connectivity index (χ0n) is 10.1. The normalized spacial score (nSPS) is 15.2. The Kier molecular flexibility index (Phi) is 3.86. The van der Waals surface area contributed by atoms with Crippen LogP contribution < -0.4 is 0 Å². The lowest BCUT2D eigenvalue weighted by Gasteiger charge is -2.11. The van der Waals surface area contributed by atoms with Crippen molar-refractivity contribution in [3.05, 3.63) is 34.6 Å². The minimum Gasteiger partial charge on any atom is -0.419 e. The monoisotopic (exact) mass is 369 g/mol. The third kappa shape index (κ3) is 2.77. The third-order valence-corrected chi connectivity index (χ3v) is 4.60. The Morgan fingerprint density at radius 3 is 3.00 bits per heavy atom. The minimum atomic E-state index is -0.0257. The van der Waals surface area contributed by atoms with Gasteiger partial charge in [0.2, 0.25) is 17.7 Å². The maximum atomic E-state index is 11.6. The van der Waals surface area contributed by atoms with Gasteiger partial charge in [0.1, 0.15) is 10.9 Å². The Hall–Kier alpha value is -1.25. The van der Waals surface area contributed by atoms with E-state index in [0.717, 1.165) is 10.0 Å². The minimum absolute atomic E-state index is 0.0257. The molecule has 0 aliphatic carbocycles. The molecular weight excluding hydrogens is 362 g/mol. The summed E-state index contributed by atoms with van der Waals surface area (Å²) < 4.78 is 7.06. The first-order chi connectivity index (χ1) is 9.63. The van der Waals surface area contributed by atoms with E-state index < -0.39 is 0 Å². The summed E-state index contributed by atoms with van der Waals surface area (Å²) in [6, 6.07) is 7.57. The first kappa shape index (κ1) is 13.7. The van der Waals surface area contributed by atoms with Gasteiger partial charge in [-0.15, -0.1) is 10.2 Å². The molecule has 1 aromatic heterocycles. The molecule has 1 aliphatic heterocycles. The smallest absolute Gasteiger partial charge is 0.247 e. The molecule has 1 saturated heterocycles. The van der Waals surface area contributed by atoms with Crippen LogP contribution in [0.5, 0.6) is 0 Å². The van der Waals surface area contributed by atoms with Gasteiger partial charge < -0.3 is 4.42 Å². The lowest BCUT2D eigenvalue weighted by atomic mass is 10.2. The molecule has 20 heavy (non-hydrogen) atoms. The number of nitrogens with zero attached hydrogens (tertiary/aromatic N) is 3. The topological polar surface area (TPSA) is 59.2 Å². The second-order valence-corrected chi connectivity index (χ2v) is 6.57. The highest BCUT2D eigenvalue weighted by atomic mass is 79.9. The number of carbonyl (C=O) groups excluding carboxylic acids is 1. The lowest BCUT2D eigenvalue weighted by molar-refractivity contribution is -0.124. The molecule has 0 N–H and O–H groups in total. The molecule has 0 spiro atoms. The molecule has 8 heteroatoms. The van der Waals surface area contributed by atoms with Crippen LogP contribution in [0.25, 0.3) is 11.5 Å². The van der Waals surface area contributed by atoms with Crippen molar-refractivity contribution in [3.63, 3.8) is 0 Å². The van der Waals surface area contributed by atoms with Gasteiger partial charge in [-0.1, -0.05) is 46.0 Å². The maximum absolute atomic E-state index is 11.6. The van der Waals surface area contributed by atoms with Crippen LogP contribution in [-0.4, -0.2) is 31.1 Å². The van der Waals surface area contributed by atoms with Gasteiger partial charge in [-0.2, -0.15) is 0 Å². The molecule has 0 saturated carbocycles. The quantitative estimate of drug-likeness (QED) is 0.775. The Labute approximate surface area is 132 Å². The van der Waals surface area contributed by atoms with Crippen LogP contribution in [-0.2, 0) is 11.3 Å². The highest BCUT2D eigenvalue weighted by Crippen LogP contribution is 2.24. The molecule has 2 heterocycles. The molecule has 0 atom stereocenters. The van der Waals surface area contributed by atoms with E-state index in [2.05, 4.69) is 26.1 Å². The van der Waals surface area contributed by atoms with Gasteiger partial charge in [0.15, 0.2) is 0 Å². The average molecular weight is 370 g/mol. The third-order valence-electron chi connectivity index (χ3n) is 2.67. The van der Waals surface area contributed by atoms with Gasteiger partial charge in [-0.05, 0) is 18.2 Å². The number of hydrogen-bond donors (Lipinski definition) is 0. The van der Waals surface area contributed by atoms with Crippen molar-refractivity contribution in [2.24, 2.45) is 0 Å². The van der Waals surface area contributed by atoms with E-state index in [1.807, 2.05) is 24.3 Å². The number of hydrogen-bond acceptors (Lipinski definition) is 6. The zero-order valence-corrected chi connectivity index (χ0v) is 13.3. The van der Waals surface area contributed by atoms with Crippen LogP contribution in [0.1, 0.15) is 5.89 Å². The number of rotatable bonds is 3. The van der Waals surface area contributed by atoms with Crippen LogP contribution >= 0.6 is 39.9 Å². The fraction of sp³-hybridized carbons (Fsp3) is 0.167. The van der Waals surface area contributed by atoms with E-state index in [1.165, 1.54) is 16.7 Å². The molecule has 5 nitrogen and oxygen atoms in total. The SMILES string of the molecule is O=C1CSC(=S)N1Cc1nnc(-c2cccc(Br)c2)o1. The van der Waals surface area contributed by atoms with Crippen LogP contribution in [0, 0.1) is 0 Å². The molecule has 1 amide bonds. The van der Waals surface area contributed by atoms with Gasteiger partial charge in [-0.3, -0.25) is 9.69 Å². The summed E-state index contributed by atoms with van der Waals surface area (Å²) in [5.74, 6) is 1.15. The second kappa shape index (κ2) is 5.63.